The van der Waals surface area contributed by atoms with Gasteiger partial charge in [-0.2, -0.15) is 0 Å². The van der Waals surface area contributed by atoms with Gasteiger partial charge in [0.15, 0.2) is 5.76 Å². The van der Waals surface area contributed by atoms with Gasteiger partial charge in [0.1, 0.15) is 0 Å². The standard InChI is InChI=1S/C27H33ClN2O4/c28-24-10-8-22(9-11-24)23-18-25(34-26(19-23)33-17-5-4-16-31)27(32)30-14-12-29(13-15-30)20-21-6-2-1-3-7-21/h1-3,6-11,18,23,26,31H,4-5,12-17,19-20H2/t23-,26+/m0/s1. The van der Waals surface area contributed by atoms with Gasteiger partial charge in [-0.25, -0.2) is 0 Å². The predicted octanol–water partition coefficient (Wildman–Crippen LogP) is 4.19. The van der Waals surface area contributed by atoms with E-state index >= 15 is 0 Å². The van der Waals surface area contributed by atoms with Crippen molar-refractivity contribution in [2.75, 3.05) is 39.4 Å². The number of halogens is 1. The number of amides is 1. The summed E-state index contributed by atoms with van der Waals surface area (Å²) in [7, 11) is 0. The highest BCUT2D eigenvalue weighted by atomic mass is 35.5. The second kappa shape index (κ2) is 12.4. The molecule has 0 spiro atoms. The van der Waals surface area contributed by atoms with Crippen molar-refractivity contribution in [2.24, 2.45) is 0 Å². The lowest BCUT2D eigenvalue weighted by molar-refractivity contribution is -0.154. The fraction of sp³-hybridized carbons (Fsp3) is 0.444. The minimum atomic E-state index is -0.498. The number of carbonyl (C=O) groups is 1. The quantitative estimate of drug-likeness (QED) is 0.541. The Kier molecular flexibility index (Phi) is 8.99. The van der Waals surface area contributed by atoms with E-state index in [2.05, 4.69) is 29.2 Å². The van der Waals surface area contributed by atoms with Crippen LogP contribution in [0.25, 0.3) is 0 Å². The van der Waals surface area contributed by atoms with Gasteiger partial charge in [0, 0.05) is 56.7 Å². The number of benzene rings is 2. The molecule has 6 nitrogen and oxygen atoms in total. The highest BCUT2D eigenvalue weighted by Crippen LogP contribution is 2.33. The minimum absolute atomic E-state index is 0.00665. The number of allylic oxidation sites excluding steroid dienone is 1. The first-order valence-corrected chi connectivity index (χ1v) is 12.4. The highest BCUT2D eigenvalue weighted by Gasteiger charge is 2.32. The van der Waals surface area contributed by atoms with Gasteiger partial charge in [-0.15, -0.1) is 0 Å². The van der Waals surface area contributed by atoms with Crippen LogP contribution in [0.1, 0.15) is 36.3 Å². The lowest BCUT2D eigenvalue weighted by atomic mass is 9.93. The van der Waals surface area contributed by atoms with Gasteiger partial charge in [-0.3, -0.25) is 9.69 Å². The largest absolute Gasteiger partial charge is 0.459 e. The third-order valence-electron chi connectivity index (χ3n) is 6.33. The summed E-state index contributed by atoms with van der Waals surface area (Å²) >= 11 is 6.07. The van der Waals surface area contributed by atoms with E-state index in [9.17, 15) is 4.79 Å². The van der Waals surface area contributed by atoms with Crippen LogP contribution in [0.4, 0.5) is 0 Å². The van der Waals surface area contributed by atoms with E-state index in [0.29, 0.717) is 43.3 Å². The van der Waals surface area contributed by atoms with Crippen molar-refractivity contribution >= 4 is 17.5 Å². The van der Waals surface area contributed by atoms with Gasteiger partial charge in [-0.1, -0.05) is 54.1 Å². The Labute approximate surface area is 206 Å². The normalized spacial score (nSPS) is 21.1. The van der Waals surface area contributed by atoms with Crippen LogP contribution in [0.5, 0.6) is 0 Å². The van der Waals surface area contributed by atoms with Crippen LogP contribution in [0.3, 0.4) is 0 Å². The molecule has 1 N–H and O–H groups in total. The van der Waals surface area contributed by atoms with E-state index in [4.69, 9.17) is 26.2 Å². The lowest BCUT2D eigenvalue weighted by Gasteiger charge is -2.36. The fourth-order valence-electron chi connectivity index (χ4n) is 4.39. The molecule has 1 amide bonds. The Morgan fingerprint density at radius 1 is 1.03 bits per heavy atom. The maximum atomic E-state index is 13.4. The first kappa shape index (κ1) is 24.7. The zero-order chi connectivity index (χ0) is 23.8. The molecular formula is C27H33ClN2O4. The van der Waals surface area contributed by atoms with Gasteiger partial charge >= 0.3 is 0 Å². The van der Waals surface area contributed by atoms with E-state index in [-0.39, 0.29) is 18.4 Å². The van der Waals surface area contributed by atoms with E-state index in [1.54, 1.807) is 0 Å². The average molecular weight is 485 g/mol. The number of hydrogen-bond acceptors (Lipinski definition) is 5. The molecule has 2 aromatic carbocycles. The van der Waals surface area contributed by atoms with Crippen molar-refractivity contribution in [2.45, 2.75) is 38.0 Å². The highest BCUT2D eigenvalue weighted by molar-refractivity contribution is 6.30. The van der Waals surface area contributed by atoms with Crippen LogP contribution in [-0.2, 0) is 20.8 Å². The molecule has 2 aliphatic heterocycles. The SMILES string of the molecule is O=C(C1=C[C@H](c2ccc(Cl)cc2)C[C@H](OCCCCO)O1)N1CCN(Cc2ccccc2)CC1. The predicted molar refractivity (Wildman–Crippen MR) is 132 cm³/mol. The Morgan fingerprint density at radius 3 is 2.47 bits per heavy atom. The van der Waals surface area contributed by atoms with Crippen LogP contribution in [-0.4, -0.2) is 66.5 Å². The Hall–Kier alpha value is -2.38. The summed E-state index contributed by atoms with van der Waals surface area (Å²) in [4.78, 5) is 17.6. The number of rotatable bonds is 9. The molecule has 7 heteroatoms. The summed E-state index contributed by atoms with van der Waals surface area (Å²) in [5, 5.41) is 9.70. The van der Waals surface area contributed by atoms with Crippen LogP contribution >= 0.6 is 11.6 Å². The van der Waals surface area contributed by atoms with E-state index in [1.807, 2.05) is 41.3 Å². The minimum Gasteiger partial charge on any atom is -0.459 e. The smallest absolute Gasteiger partial charge is 0.288 e. The van der Waals surface area contributed by atoms with Crippen molar-refractivity contribution < 1.29 is 19.4 Å². The van der Waals surface area contributed by atoms with Crippen LogP contribution in [0, 0.1) is 0 Å². The maximum absolute atomic E-state index is 13.4. The molecule has 0 bridgehead atoms. The van der Waals surface area contributed by atoms with Gasteiger partial charge in [-0.05, 0) is 42.2 Å². The molecule has 0 aliphatic carbocycles. The summed E-state index contributed by atoms with van der Waals surface area (Å²) in [5.41, 5.74) is 2.36. The number of piperazine rings is 1. The van der Waals surface area contributed by atoms with Crippen molar-refractivity contribution in [3.63, 3.8) is 0 Å². The summed E-state index contributed by atoms with van der Waals surface area (Å²) in [5.74, 6) is 0.282. The number of unbranched alkanes of at least 4 members (excludes halogenated alkanes) is 1. The van der Waals surface area contributed by atoms with Gasteiger partial charge < -0.3 is 19.5 Å². The topological polar surface area (TPSA) is 62.2 Å². The molecule has 0 unspecified atom stereocenters. The van der Waals surface area contributed by atoms with E-state index < -0.39 is 6.29 Å². The summed E-state index contributed by atoms with van der Waals surface area (Å²) in [6.45, 7) is 4.51. The molecule has 2 heterocycles. The van der Waals surface area contributed by atoms with Gasteiger partial charge in [0.25, 0.3) is 5.91 Å². The molecule has 182 valence electrons. The molecule has 4 rings (SSSR count). The monoisotopic (exact) mass is 484 g/mol. The maximum Gasteiger partial charge on any atom is 0.288 e. The van der Waals surface area contributed by atoms with E-state index in [1.165, 1.54) is 5.56 Å². The summed E-state index contributed by atoms with van der Waals surface area (Å²) in [6.07, 6.45) is 3.49. The number of nitrogens with zero attached hydrogens (tertiary/aromatic N) is 2. The number of hydrogen-bond donors (Lipinski definition) is 1. The zero-order valence-electron chi connectivity index (χ0n) is 19.4. The molecular weight excluding hydrogens is 452 g/mol. The average Bonchev–Trinajstić information content (AvgIpc) is 2.87. The first-order chi connectivity index (χ1) is 16.6. The van der Waals surface area contributed by atoms with Crippen molar-refractivity contribution in [3.8, 4) is 0 Å². The fourth-order valence-corrected chi connectivity index (χ4v) is 4.51. The zero-order valence-corrected chi connectivity index (χ0v) is 20.2. The summed E-state index contributed by atoms with van der Waals surface area (Å²) in [6, 6.07) is 18.1. The Balaban J connectivity index is 1.40. The number of carbonyl (C=O) groups excluding carboxylic acids is 1. The Bertz CT molecular complexity index is 943. The molecule has 0 saturated carbocycles. The van der Waals surface area contributed by atoms with Gasteiger partial charge in [0.2, 0.25) is 6.29 Å². The molecule has 1 fully saturated rings. The molecule has 2 aliphatic rings. The molecule has 2 aromatic rings. The molecule has 0 radical (unpaired) electrons. The van der Waals surface area contributed by atoms with Crippen LogP contribution < -0.4 is 0 Å². The van der Waals surface area contributed by atoms with Crippen molar-refractivity contribution in [1.29, 1.82) is 0 Å². The molecule has 0 aromatic heterocycles. The summed E-state index contributed by atoms with van der Waals surface area (Å²) < 4.78 is 12.0. The van der Waals surface area contributed by atoms with Crippen LogP contribution in [0.2, 0.25) is 5.02 Å². The first-order valence-electron chi connectivity index (χ1n) is 12.0. The second-order valence-electron chi connectivity index (χ2n) is 8.83. The molecule has 34 heavy (non-hydrogen) atoms. The van der Waals surface area contributed by atoms with E-state index in [0.717, 1.165) is 31.6 Å². The third kappa shape index (κ3) is 6.83. The molecule has 2 atom stereocenters. The van der Waals surface area contributed by atoms with Gasteiger partial charge in [0.05, 0.1) is 6.61 Å². The van der Waals surface area contributed by atoms with Crippen LogP contribution in [0.15, 0.2) is 66.4 Å². The lowest BCUT2D eigenvalue weighted by Crippen LogP contribution is -2.49. The number of ether oxygens (including phenoxy) is 2. The number of aliphatic hydroxyl groups excluding tert-OH is 1. The van der Waals surface area contributed by atoms with Crippen molar-refractivity contribution in [1.82, 2.24) is 9.80 Å². The number of aliphatic hydroxyl groups is 1. The van der Waals surface area contributed by atoms with Crippen molar-refractivity contribution in [3.05, 3.63) is 82.6 Å². The molecule has 1 saturated heterocycles. The second-order valence-corrected chi connectivity index (χ2v) is 9.26. The Morgan fingerprint density at radius 2 is 1.76 bits per heavy atom. The third-order valence-corrected chi connectivity index (χ3v) is 6.58.